The number of halogens is 1. The maximum absolute atomic E-state index is 15.0. The van der Waals surface area contributed by atoms with E-state index in [-0.39, 0.29) is 23.0 Å². The van der Waals surface area contributed by atoms with Crippen LogP contribution in [0, 0.1) is 5.82 Å². The van der Waals surface area contributed by atoms with Gasteiger partial charge in [0.25, 0.3) is 0 Å². The highest BCUT2D eigenvalue weighted by Crippen LogP contribution is 2.40. The van der Waals surface area contributed by atoms with Gasteiger partial charge in [0, 0.05) is 48.9 Å². The Labute approximate surface area is 143 Å². The number of anilines is 1. The average Bonchev–Trinajstić information content (AvgIpc) is 2.88. The smallest absolute Gasteiger partial charge is 0.341 e. The lowest BCUT2D eigenvalue weighted by molar-refractivity contribution is 0.0694. The Morgan fingerprint density at radius 3 is 2.80 bits per heavy atom. The molecule has 3 heterocycles. The fourth-order valence-corrected chi connectivity index (χ4v) is 4.13. The number of nitrogens with one attached hydrogen (secondary N) is 1. The standard InChI is InChI=1S/C18H20FN3O3/c1-9-5-11-15-12(17(23)13(18(24)25)8-22(9)15)6-14(19)16(11)21-4-3-20-7-10(21)2/h6,8-10,20H,3-5,7H2,1-2H3,(H,24,25). The maximum atomic E-state index is 15.0. The summed E-state index contributed by atoms with van der Waals surface area (Å²) in [6.07, 6.45) is 1.99. The summed E-state index contributed by atoms with van der Waals surface area (Å²) in [5.41, 5.74) is 1.11. The van der Waals surface area contributed by atoms with Crippen molar-refractivity contribution in [3.8, 4) is 0 Å². The van der Waals surface area contributed by atoms with Gasteiger partial charge in [-0.15, -0.1) is 0 Å². The van der Waals surface area contributed by atoms with E-state index in [0.29, 0.717) is 24.2 Å². The van der Waals surface area contributed by atoms with Gasteiger partial charge in [0.05, 0.1) is 11.2 Å². The van der Waals surface area contributed by atoms with Crippen LogP contribution in [0.25, 0.3) is 10.9 Å². The minimum Gasteiger partial charge on any atom is -0.477 e. The van der Waals surface area contributed by atoms with Crippen molar-refractivity contribution in [1.82, 2.24) is 9.88 Å². The second kappa shape index (κ2) is 5.56. The molecule has 2 aliphatic heterocycles. The molecule has 1 saturated heterocycles. The van der Waals surface area contributed by atoms with Crippen LogP contribution in [0.4, 0.5) is 10.1 Å². The third-order valence-corrected chi connectivity index (χ3v) is 5.33. The first kappa shape index (κ1) is 16.1. The van der Waals surface area contributed by atoms with Crippen LogP contribution in [0.1, 0.15) is 35.8 Å². The SMILES string of the molecule is CC1CNCCN1c1c(F)cc2c(=O)c(C(=O)O)cn3c2c1CC3C. The quantitative estimate of drug-likeness (QED) is 0.867. The molecule has 0 spiro atoms. The number of pyridine rings is 1. The molecule has 1 aromatic heterocycles. The first-order valence-corrected chi connectivity index (χ1v) is 8.51. The molecule has 0 aliphatic carbocycles. The van der Waals surface area contributed by atoms with E-state index in [1.165, 1.54) is 12.3 Å². The second-order valence-corrected chi connectivity index (χ2v) is 6.97. The third kappa shape index (κ3) is 2.26. The Morgan fingerprint density at radius 1 is 1.36 bits per heavy atom. The third-order valence-electron chi connectivity index (χ3n) is 5.33. The molecular formula is C18H20FN3O3. The van der Waals surface area contributed by atoms with Crippen molar-refractivity contribution in [1.29, 1.82) is 0 Å². The van der Waals surface area contributed by atoms with Gasteiger partial charge in [-0.3, -0.25) is 4.79 Å². The zero-order chi connectivity index (χ0) is 17.9. The molecule has 0 saturated carbocycles. The number of carbonyl (C=O) groups is 1. The van der Waals surface area contributed by atoms with Crippen molar-refractivity contribution < 1.29 is 14.3 Å². The topological polar surface area (TPSA) is 74.6 Å². The highest BCUT2D eigenvalue weighted by molar-refractivity contribution is 5.96. The van der Waals surface area contributed by atoms with E-state index in [1.54, 1.807) is 0 Å². The normalized spacial score (nSPS) is 22.6. The molecule has 0 amide bonds. The number of aromatic nitrogens is 1. The molecule has 1 aromatic carbocycles. The molecule has 2 aliphatic rings. The summed E-state index contributed by atoms with van der Waals surface area (Å²) in [6.45, 7) is 6.25. The molecule has 132 valence electrons. The lowest BCUT2D eigenvalue weighted by atomic mass is 10.0. The van der Waals surface area contributed by atoms with Gasteiger partial charge in [-0.05, 0) is 26.3 Å². The molecule has 0 radical (unpaired) electrons. The molecule has 25 heavy (non-hydrogen) atoms. The molecule has 7 heteroatoms. The van der Waals surface area contributed by atoms with Crippen molar-refractivity contribution in [2.75, 3.05) is 24.5 Å². The number of carboxylic acids is 1. The number of hydrogen-bond donors (Lipinski definition) is 2. The summed E-state index contributed by atoms with van der Waals surface area (Å²) in [4.78, 5) is 26.0. The van der Waals surface area contributed by atoms with Crippen molar-refractivity contribution in [3.05, 3.63) is 39.4 Å². The number of hydrogen-bond acceptors (Lipinski definition) is 4. The lowest BCUT2D eigenvalue weighted by Gasteiger charge is -2.37. The zero-order valence-corrected chi connectivity index (χ0v) is 14.2. The number of aromatic carboxylic acids is 1. The summed E-state index contributed by atoms with van der Waals surface area (Å²) < 4.78 is 16.8. The summed E-state index contributed by atoms with van der Waals surface area (Å²) in [5, 5.41) is 12.7. The van der Waals surface area contributed by atoms with Gasteiger partial charge in [-0.25, -0.2) is 9.18 Å². The average molecular weight is 345 g/mol. The summed E-state index contributed by atoms with van der Waals surface area (Å²) >= 11 is 0. The van der Waals surface area contributed by atoms with E-state index in [2.05, 4.69) is 10.2 Å². The van der Waals surface area contributed by atoms with Crippen LogP contribution in [0.15, 0.2) is 17.1 Å². The second-order valence-electron chi connectivity index (χ2n) is 6.97. The van der Waals surface area contributed by atoms with E-state index in [4.69, 9.17) is 0 Å². The van der Waals surface area contributed by atoms with E-state index in [0.717, 1.165) is 18.7 Å². The fourth-order valence-electron chi connectivity index (χ4n) is 4.13. The Balaban J connectivity index is 2.04. The first-order valence-electron chi connectivity index (χ1n) is 8.51. The van der Waals surface area contributed by atoms with Crippen LogP contribution >= 0.6 is 0 Å². The van der Waals surface area contributed by atoms with E-state index in [1.807, 2.05) is 18.4 Å². The van der Waals surface area contributed by atoms with Gasteiger partial charge in [-0.2, -0.15) is 0 Å². The van der Waals surface area contributed by atoms with Crippen molar-refractivity contribution in [3.63, 3.8) is 0 Å². The summed E-state index contributed by atoms with van der Waals surface area (Å²) in [7, 11) is 0. The highest BCUT2D eigenvalue weighted by Gasteiger charge is 2.32. The Kier molecular flexibility index (Phi) is 3.57. The molecule has 0 bridgehead atoms. The minimum absolute atomic E-state index is 0.0185. The van der Waals surface area contributed by atoms with Gasteiger partial charge < -0.3 is 19.9 Å². The number of rotatable bonds is 2. The molecule has 4 rings (SSSR count). The van der Waals surface area contributed by atoms with Gasteiger partial charge in [0.2, 0.25) is 5.43 Å². The van der Waals surface area contributed by atoms with Gasteiger partial charge >= 0.3 is 5.97 Å². The first-order chi connectivity index (χ1) is 11.9. The van der Waals surface area contributed by atoms with Crippen molar-refractivity contribution in [2.45, 2.75) is 32.4 Å². The Hall–Kier alpha value is -2.41. The molecule has 2 N–H and O–H groups in total. The highest BCUT2D eigenvalue weighted by atomic mass is 19.1. The van der Waals surface area contributed by atoms with Crippen LogP contribution < -0.4 is 15.6 Å². The van der Waals surface area contributed by atoms with E-state index >= 15 is 4.39 Å². The number of piperazine rings is 1. The molecule has 6 nitrogen and oxygen atoms in total. The van der Waals surface area contributed by atoms with Crippen LogP contribution in [0.3, 0.4) is 0 Å². The van der Waals surface area contributed by atoms with E-state index in [9.17, 15) is 14.7 Å². The summed E-state index contributed by atoms with van der Waals surface area (Å²) in [5.74, 6) is -1.73. The van der Waals surface area contributed by atoms with Crippen LogP contribution in [-0.4, -0.2) is 41.3 Å². The van der Waals surface area contributed by atoms with Gasteiger partial charge in [-0.1, -0.05) is 0 Å². The van der Waals surface area contributed by atoms with Crippen LogP contribution in [0.5, 0.6) is 0 Å². The Morgan fingerprint density at radius 2 is 2.12 bits per heavy atom. The summed E-state index contributed by atoms with van der Waals surface area (Å²) in [6, 6.07) is 1.34. The van der Waals surface area contributed by atoms with Crippen LogP contribution in [0.2, 0.25) is 0 Å². The molecule has 2 aromatic rings. The zero-order valence-electron chi connectivity index (χ0n) is 14.2. The van der Waals surface area contributed by atoms with Gasteiger partial charge in [0.1, 0.15) is 11.4 Å². The predicted octanol–water partition coefficient (Wildman–Crippen LogP) is 1.75. The lowest BCUT2D eigenvalue weighted by Crippen LogP contribution is -2.50. The predicted molar refractivity (Wildman–Crippen MR) is 93.2 cm³/mol. The molecular weight excluding hydrogens is 325 g/mol. The van der Waals surface area contributed by atoms with Gasteiger partial charge in [0.15, 0.2) is 0 Å². The van der Waals surface area contributed by atoms with Crippen molar-refractivity contribution >= 4 is 22.6 Å². The van der Waals surface area contributed by atoms with Crippen molar-refractivity contribution in [2.24, 2.45) is 0 Å². The Bertz CT molecular complexity index is 953. The number of carboxylic acid groups (broad SMARTS) is 1. The molecule has 2 atom stereocenters. The fraction of sp³-hybridized carbons (Fsp3) is 0.444. The van der Waals surface area contributed by atoms with E-state index < -0.39 is 17.2 Å². The minimum atomic E-state index is -1.28. The number of benzene rings is 1. The number of nitrogens with zero attached hydrogens (tertiary/aromatic N) is 2. The largest absolute Gasteiger partial charge is 0.477 e. The van der Waals surface area contributed by atoms with Crippen LogP contribution in [-0.2, 0) is 6.42 Å². The maximum Gasteiger partial charge on any atom is 0.341 e. The monoisotopic (exact) mass is 345 g/mol. The molecule has 1 fully saturated rings. The molecule has 2 unspecified atom stereocenters.